The number of amides is 3. The van der Waals surface area contributed by atoms with Gasteiger partial charge in [-0.3, -0.25) is 18.9 Å². The highest BCUT2D eigenvalue weighted by Gasteiger charge is 2.54. The average Bonchev–Trinajstić information content (AvgIpc) is 3.79. The standard InChI is InChI=1S/C14H16F2NO4PS.C12H16N2.C11H18N2O2.CH2O/c1-3-20-22(19,21-4-2)14(15,16)10-5-6-11-9(7-10)8-12(23-11)13(17)18;1-12(2,9-13)10-5-7-11(8-6-10)14(3)4;1-9(14)12-7-4-10-3-2-6-13(10)11(15)5-8-12;1-2/h5-8H,3-4H2,1-2H3,(H2,17,18);5-8H,1-4H3;10H,2-8H2,1H3;1H2/t;;10-;/m..1./s1. The summed E-state index contributed by atoms with van der Waals surface area (Å²) in [5, 5.41) is 9.38. The fourth-order valence-electron chi connectivity index (χ4n) is 5.86. The third kappa shape index (κ3) is 11.6. The van der Waals surface area contributed by atoms with Gasteiger partial charge in [0.05, 0.1) is 29.6 Å². The van der Waals surface area contributed by atoms with Gasteiger partial charge in [0, 0.05) is 69.1 Å². The Bertz CT molecular complexity index is 1800. The van der Waals surface area contributed by atoms with Gasteiger partial charge in [-0.2, -0.15) is 14.0 Å². The number of carbonyl (C=O) groups excluding carboxylic acids is 4. The van der Waals surface area contributed by atoms with E-state index in [-0.39, 0.29) is 29.9 Å². The van der Waals surface area contributed by atoms with Crippen molar-refractivity contribution in [3.8, 4) is 6.07 Å². The molecule has 2 aliphatic rings. The van der Waals surface area contributed by atoms with Crippen LogP contribution in [0.3, 0.4) is 0 Å². The number of nitrogens with two attached hydrogens (primary N) is 1. The van der Waals surface area contributed by atoms with Crippen LogP contribution in [0.1, 0.15) is 81.1 Å². The SMILES string of the molecule is C=O.CC(=O)N1CCC(=O)N2CCC[C@@H]2CC1.CCOP(=O)(OCC)C(F)(F)c1ccc2sc(C(N)=O)cc2c1.CN(C)c1ccc(C(C)(C)C#N)cc1. The Labute approximate surface area is 320 Å². The molecule has 296 valence electrons. The quantitative estimate of drug-likeness (QED) is 0.219. The molecule has 0 spiro atoms. The summed E-state index contributed by atoms with van der Waals surface area (Å²) < 4.78 is 51.9. The first-order valence-corrected chi connectivity index (χ1v) is 19.9. The van der Waals surface area contributed by atoms with Gasteiger partial charge < -0.3 is 34.3 Å². The zero-order valence-electron chi connectivity index (χ0n) is 32.1. The molecule has 5 rings (SSSR count). The molecule has 2 aromatic carbocycles. The summed E-state index contributed by atoms with van der Waals surface area (Å²) in [4.78, 5) is 48.4. The minimum absolute atomic E-state index is 0.0919. The molecule has 3 heterocycles. The van der Waals surface area contributed by atoms with E-state index in [1.165, 1.54) is 32.0 Å². The molecule has 0 aliphatic carbocycles. The number of thiophene rings is 1. The number of hydrogen-bond acceptors (Lipinski definition) is 10. The van der Waals surface area contributed by atoms with Crippen molar-refractivity contribution < 1.29 is 41.6 Å². The highest BCUT2D eigenvalue weighted by molar-refractivity contribution is 7.54. The first-order chi connectivity index (χ1) is 25.4. The lowest BCUT2D eigenvalue weighted by Gasteiger charge is -2.31. The van der Waals surface area contributed by atoms with Crippen LogP contribution in [-0.2, 0) is 39.1 Å². The van der Waals surface area contributed by atoms with Crippen LogP contribution < -0.4 is 10.6 Å². The summed E-state index contributed by atoms with van der Waals surface area (Å²) in [6.07, 6.45) is 3.68. The lowest BCUT2D eigenvalue weighted by atomic mass is 9.86. The second kappa shape index (κ2) is 20.5. The molecule has 0 radical (unpaired) electrons. The number of nitrogens with zero attached hydrogens (tertiary/aromatic N) is 4. The molecule has 0 unspecified atom stereocenters. The van der Waals surface area contributed by atoms with Crippen LogP contribution in [0.15, 0.2) is 48.5 Å². The van der Waals surface area contributed by atoms with Gasteiger partial charge >= 0.3 is 13.3 Å². The molecule has 0 saturated carbocycles. The number of hydrogen-bond donors (Lipinski definition) is 1. The van der Waals surface area contributed by atoms with Crippen molar-refractivity contribution in [1.82, 2.24) is 9.80 Å². The highest BCUT2D eigenvalue weighted by atomic mass is 32.1. The van der Waals surface area contributed by atoms with Crippen LogP contribution in [0.2, 0.25) is 0 Å². The zero-order valence-corrected chi connectivity index (χ0v) is 33.8. The molecule has 54 heavy (non-hydrogen) atoms. The Balaban J connectivity index is 0.000000285. The van der Waals surface area contributed by atoms with Crippen molar-refractivity contribution >= 4 is 59.2 Å². The van der Waals surface area contributed by atoms with Crippen molar-refractivity contribution in [3.05, 3.63) is 64.5 Å². The Hall–Kier alpha value is -4.22. The number of nitriles is 1. The Morgan fingerprint density at radius 3 is 2.13 bits per heavy atom. The Kier molecular flexibility index (Phi) is 17.4. The van der Waals surface area contributed by atoms with Crippen LogP contribution >= 0.6 is 18.9 Å². The van der Waals surface area contributed by atoms with E-state index in [9.17, 15) is 27.7 Å². The number of benzene rings is 2. The fraction of sp³-hybridized carbons (Fsp3) is 0.500. The van der Waals surface area contributed by atoms with Gasteiger partial charge in [-0.15, -0.1) is 11.3 Å². The number of carbonyl (C=O) groups is 4. The summed E-state index contributed by atoms with van der Waals surface area (Å²) in [7, 11) is -0.647. The van der Waals surface area contributed by atoms with Gasteiger partial charge in [0.25, 0.3) is 5.91 Å². The van der Waals surface area contributed by atoms with Crippen molar-refractivity contribution in [2.45, 2.75) is 77.4 Å². The van der Waals surface area contributed by atoms with E-state index in [1.807, 2.05) is 68.8 Å². The molecule has 1 aromatic heterocycles. The van der Waals surface area contributed by atoms with E-state index in [0.29, 0.717) is 29.1 Å². The van der Waals surface area contributed by atoms with Crippen molar-refractivity contribution in [2.24, 2.45) is 5.73 Å². The number of primary amides is 1. The molecule has 2 aliphatic heterocycles. The zero-order chi connectivity index (χ0) is 40.9. The molecule has 3 aromatic rings. The van der Waals surface area contributed by atoms with E-state index in [1.54, 1.807) is 11.8 Å². The van der Waals surface area contributed by atoms with Gasteiger partial charge in [0.2, 0.25) is 11.8 Å². The summed E-state index contributed by atoms with van der Waals surface area (Å²) in [6.45, 7) is 12.4. The minimum Gasteiger partial charge on any atom is -0.378 e. The normalized spacial score (nSPS) is 15.9. The van der Waals surface area contributed by atoms with Crippen LogP contribution in [0.25, 0.3) is 10.1 Å². The van der Waals surface area contributed by atoms with Crippen molar-refractivity contribution in [3.63, 3.8) is 0 Å². The van der Waals surface area contributed by atoms with Crippen molar-refractivity contribution in [1.29, 1.82) is 5.26 Å². The molecule has 0 bridgehead atoms. The predicted octanol–water partition coefficient (Wildman–Crippen LogP) is 7.30. The summed E-state index contributed by atoms with van der Waals surface area (Å²) in [5.74, 6) is -0.313. The van der Waals surface area contributed by atoms with Crippen molar-refractivity contribution in [2.75, 3.05) is 51.8 Å². The molecule has 2 fully saturated rings. The molecule has 1 atom stereocenters. The highest BCUT2D eigenvalue weighted by Crippen LogP contribution is 2.67. The van der Waals surface area contributed by atoms with E-state index in [2.05, 4.69) is 6.07 Å². The number of fused-ring (bicyclic) bond motifs is 2. The molecule has 16 heteroatoms. The van der Waals surface area contributed by atoms with E-state index < -0.39 is 30.1 Å². The van der Waals surface area contributed by atoms with Gasteiger partial charge in [-0.1, -0.05) is 18.2 Å². The predicted molar refractivity (Wildman–Crippen MR) is 208 cm³/mol. The molecule has 3 amide bonds. The number of rotatable bonds is 9. The topological polar surface area (TPSA) is 163 Å². The molecule has 2 saturated heterocycles. The summed E-state index contributed by atoms with van der Waals surface area (Å²) >= 11 is 1.10. The van der Waals surface area contributed by atoms with Gasteiger partial charge in [-0.25, -0.2) is 0 Å². The van der Waals surface area contributed by atoms with Crippen LogP contribution in [0.4, 0.5) is 14.5 Å². The second-order valence-electron chi connectivity index (χ2n) is 13.2. The van der Waals surface area contributed by atoms with Crippen LogP contribution in [-0.4, -0.2) is 87.3 Å². The molecular weight excluding hydrogens is 739 g/mol. The number of alkyl halides is 2. The minimum atomic E-state index is -4.66. The van der Waals surface area contributed by atoms with Gasteiger partial charge in [0.15, 0.2) is 0 Å². The molecule has 12 nitrogen and oxygen atoms in total. The summed E-state index contributed by atoms with van der Waals surface area (Å²) in [6, 6.07) is 15.9. The first-order valence-electron chi connectivity index (χ1n) is 17.5. The van der Waals surface area contributed by atoms with E-state index >= 15 is 0 Å². The van der Waals surface area contributed by atoms with Gasteiger partial charge in [-0.05, 0) is 88.2 Å². The number of anilines is 1. The lowest BCUT2D eigenvalue weighted by molar-refractivity contribution is -0.136. The average molecular weight is 792 g/mol. The monoisotopic (exact) mass is 791 g/mol. The molecular formula is C38H52F2N5O7PS. The summed E-state index contributed by atoms with van der Waals surface area (Å²) in [5.41, 5.74) is 2.71. The first kappa shape index (κ1) is 45.9. The lowest BCUT2D eigenvalue weighted by Crippen LogP contribution is -2.44. The largest absolute Gasteiger partial charge is 0.404 e. The Morgan fingerprint density at radius 2 is 1.61 bits per heavy atom. The maximum absolute atomic E-state index is 14.7. The second-order valence-corrected chi connectivity index (χ2v) is 16.4. The van der Waals surface area contributed by atoms with Crippen LogP contribution in [0, 0.1) is 11.3 Å². The van der Waals surface area contributed by atoms with E-state index in [0.717, 1.165) is 61.0 Å². The van der Waals surface area contributed by atoms with E-state index in [4.69, 9.17) is 24.8 Å². The Morgan fingerprint density at radius 1 is 1.02 bits per heavy atom. The van der Waals surface area contributed by atoms with Gasteiger partial charge in [0.1, 0.15) is 6.79 Å². The molecule has 2 N–H and O–H groups in total. The third-order valence-corrected chi connectivity index (χ3v) is 12.2. The maximum atomic E-state index is 14.7. The fourth-order valence-corrected chi connectivity index (χ4v) is 8.29. The maximum Gasteiger partial charge on any atom is 0.404 e. The van der Waals surface area contributed by atoms with Crippen LogP contribution in [0.5, 0.6) is 0 Å². The number of halogens is 2. The third-order valence-electron chi connectivity index (χ3n) is 8.90. The smallest absolute Gasteiger partial charge is 0.378 e.